The fraction of sp³-hybridized carbons (Fsp3) is 0.600. The minimum atomic E-state index is -0.635. The molecular weight excluding hydrogens is 224 g/mol. The molecule has 0 aliphatic carbocycles. The standard InChI is InChI=1S/C15H26N2O/c1-4-17(13(2)3)11-10-15(16,12-18)14-8-6-5-7-9-14/h5-9,13,18H,4,10-12,16H2,1-3H3. The Balaban J connectivity index is 2.72. The van der Waals surface area contributed by atoms with Crippen LogP contribution in [-0.4, -0.2) is 35.7 Å². The smallest absolute Gasteiger partial charge is 0.0656 e. The first kappa shape index (κ1) is 15.2. The van der Waals surface area contributed by atoms with Crippen molar-refractivity contribution in [2.24, 2.45) is 5.73 Å². The van der Waals surface area contributed by atoms with Crippen molar-refractivity contribution in [3.8, 4) is 0 Å². The van der Waals surface area contributed by atoms with Crippen LogP contribution in [0.2, 0.25) is 0 Å². The number of aliphatic hydroxyl groups excluding tert-OH is 1. The van der Waals surface area contributed by atoms with E-state index in [0.717, 1.165) is 25.1 Å². The van der Waals surface area contributed by atoms with Crippen molar-refractivity contribution in [2.45, 2.75) is 38.8 Å². The molecule has 0 saturated carbocycles. The molecule has 0 fully saturated rings. The molecule has 0 aliphatic rings. The molecule has 0 aromatic heterocycles. The lowest BCUT2D eigenvalue weighted by molar-refractivity contribution is 0.152. The lowest BCUT2D eigenvalue weighted by Crippen LogP contribution is -2.44. The summed E-state index contributed by atoms with van der Waals surface area (Å²) < 4.78 is 0. The fourth-order valence-corrected chi connectivity index (χ4v) is 2.21. The molecule has 3 heteroatoms. The highest BCUT2D eigenvalue weighted by Gasteiger charge is 2.27. The van der Waals surface area contributed by atoms with E-state index in [1.54, 1.807) is 0 Å². The van der Waals surface area contributed by atoms with Crippen LogP contribution in [0.1, 0.15) is 32.8 Å². The predicted octanol–water partition coefficient (Wildman–Crippen LogP) is 1.95. The molecule has 0 aliphatic heterocycles. The largest absolute Gasteiger partial charge is 0.394 e. The average molecular weight is 250 g/mol. The molecule has 3 nitrogen and oxygen atoms in total. The van der Waals surface area contributed by atoms with Gasteiger partial charge < -0.3 is 15.7 Å². The van der Waals surface area contributed by atoms with E-state index < -0.39 is 5.54 Å². The van der Waals surface area contributed by atoms with Crippen molar-refractivity contribution in [2.75, 3.05) is 19.7 Å². The van der Waals surface area contributed by atoms with E-state index in [-0.39, 0.29) is 6.61 Å². The highest BCUT2D eigenvalue weighted by molar-refractivity contribution is 5.24. The van der Waals surface area contributed by atoms with E-state index >= 15 is 0 Å². The van der Waals surface area contributed by atoms with Crippen LogP contribution in [0.25, 0.3) is 0 Å². The summed E-state index contributed by atoms with van der Waals surface area (Å²) in [6.07, 6.45) is 0.763. The summed E-state index contributed by atoms with van der Waals surface area (Å²) in [5.74, 6) is 0. The van der Waals surface area contributed by atoms with Crippen molar-refractivity contribution in [1.29, 1.82) is 0 Å². The summed E-state index contributed by atoms with van der Waals surface area (Å²) in [4.78, 5) is 2.36. The van der Waals surface area contributed by atoms with Gasteiger partial charge in [-0.05, 0) is 32.4 Å². The number of nitrogens with two attached hydrogens (primary N) is 1. The minimum Gasteiger partial charge on any atom is -0.394 e. The Kier molecular flexibility index (Phi) is 5.79. The van der Waals surface area contributed by atoms with E-state index in [2.05, 4.69) is 25.7 Å². The highest BCUT2D eigenvalue weighted by atomic mass is 16.3. The summed E-state index contributed by atoms with van der Waals surface area (Å²) in [6.45, 7) is 8.41. The van der Waals surface area contributed by atoms with Crippen molar-refractivity contribution in [1.82, 2.24) is 4.90 Å². The third-order valence-corrected chi connectivity index (χ3v) is 3.61. The fourth-order valence-electron chi connectivity index (χ4n) is 2.21. The summed E-state index contributed by atoms with van der Waals surface area (Å²) >= 11 is 0. The summed E-state index contributed by atoms with van der Waals surface area (Å²) in [6, 6.07) is 10.4. The Morgan fingerprint density at radius 3 is 2.33 bits per heavy atom. The summed E-state index contributed by atoms with van der Waals surface area (Å²) in [5.41, 5.74) is 6.72. The molecule has 1 aromatic carbocycles. The van der Waals surface area contributed by atoms with Crippen LogP contribution >= 0.6 is 0 Å². The third kappa shape index (κ3) is 3.80. The predicted molar refractivity (Wildman–Crippen MR) is 76.4 cm³/mol. The van der Waals surface area contributed by atoms with Crippen LogP contribution in [0, 0.1) is 0 Å². The molecule has 0 amide bonds. The van der Waals surface area contributed by atoms with Gasteiger partial charge in [-0.15, -0.1) is 0 Å². The minimum absolute atomic E-state index is 0.0212. The molecule has 0 spiro atoms. The van der Waals surface area contributed by atoms with Gasteiger partial charge in [0.15, 0.2) is 0 Å². The maximum absolute atomic E-state index is 9.62. The SMILES string of the molecule is CCN(CCC(N)(CO)c1ccccc1)C(C)C. The number of nitrogens with zero attached hydrogens (tertiary/aromatic N) is 1. The third-order valence-electron chi connectivity index (χ3n) is 3.61. The second-order valence-corrected chi connectivity index (χ2v) is 5.15. The van der Waals surface area contributed by atoms with Crippen LogP contribution in [-0.2, 0) is 5.54 Å². The van der Waals surface area contributed by atoms with Gasteiger partial charge >= 0.3 is 0 Å². The highest BCUT2D eigenvalue weighted by Crippen LogP contribution is 2.22. The van der Waals surface area contributed by atoms with E-state index in [0.29, 0.717) is 6.04 Å². The second-order valence-electron chi connectivity index (χ2n) is 5.15. The number of aliphatic hydroxyl groups is 1. The number of benzene rings is 1. The quantitative estimate of drug-likeness (QED) is 0.777. The lowest BCUT2D eigenvalue weighted by atomic mass is 9.88. The second kappa shape index (κ2) is 6.88. The normalized spacial score (nSPS) is 15.1. The Bertz CT molecular complexity index is 340. The van der Waals surface area contributed by atoms with Gasteiger partial charge in [0.1, 0.15) is 0 Å². The zero-order chi connectivity index (χ0) is 13.6. The average Bonchev–Trinajstić information content (AvgIpc) is 2.39. The zero-order valence-electron chi connectivity index (χ0n) is 11.8. The van der Waals surface area contributed by atoms with Crippen molar-refractivity contribution >= 4 is 0 Å². The van der Waals surface area contributed by atoms with Gasteiger partial charge in [-0.1, -0.05) is 37.3 Å². The molecule has 0 saturated heterocycles. The molecule has 0 radical (unpaired) electrons. The summed E-state index contributed by atoms with van der Waals surface area (Å²) in [5, 5.41) is 9.62. The van der Waals surface area contributed by atoms with Gasteiger partial charge in [0.05, 0.1) is 12.1 Å². The van der Waals surface area contributed by atoms with Crippen LogP contribution in [0.4, 0.5) is 0 Å². The lowest BCUT2D eigenvalue weighted by Gasteiger charge is -2.32. The van der Waals surface area contributed by atoms with Crippen LogP contribution in [0.5, 0.6) is 0 Å². The molecule has 18 heavy (non-hydrogen) atoms. The first-order valence-electron chi connectivity index (χ1n) is 6.73. The Labute approximate surface area is 111 Å². The molecule has 1 atom stereocenters. The van der Waals surface area contributed by atoms with Crippen molar-refractivity contribution < 1.29 is 5.11 Å². The van der Waals surface area contributed by atoms with Gasteiger partial charge in [-0.2, -0.15) is 0 Å². The number of hydrogen-bond acceptors (Lipinski definition) is 3. The molecule has 0 bridgehead atoms. The van der Waals surface area contributed by atoms with Gasteiger partial charge in [-0.25, -0.2) is 0 Å². The van der Waals surface area contributed by atoms with Crippen LogP contribution in [0.15, 0.2) is 30.3 Å². The van der Waals surface area contributed by atoms with Crippen molar-refractivity contribution in [3.63, 3.8) is 0 Å². The number of hydrogen-bond donors (Lipinski definition) is 2. The first-order valence-corrected chi connectivity index (χ1v) is 6.73. The summed E-state index contributed by atoms with van der Waals surface area (Å²) in [7, 11) is 0. The molecule has 1 aromatic rings. The maximum Gasteiger partial charge on any atom is 0.0656 e. The van der Waals surface area contributed by atoms with Crippen molar-refractivity contribution in [3.05, 3.63) is 35.9 Å². The monoisotopic (exact) mass is 250 g/mol. The Hall–Kier alpha value is -0.900. The molecule has 1 unspecified atom stereocenters. The molecular formula is C15H26N2O. The van der Waals surface area contributed by atoms with E-state index in [4.69, 9.17) is 5.73 Å². The van der Waals surface area contributed by atoms with E-state index in [1.165, 1.54) is 0 Å². The molecule has 3 N–H and O–H groups in total. The van der Waals surface area contributed by atoms with E-state index in [1.807, 2.05) is 30.3 Å². The van der Waals surface area contributed by atoms with Gasteiger partial charge in [0, 0.05) is 12.6 Å². The molecule has 0 heterocycles. The first-order chi connectivity index (χ1) is 8.53. The van der Waals surface area contributed by atoms with Gasteiger partial charge in [-0.3, -0.25) is 0 Å². The maximum atomic E-state index is 9.62. The Morgan fingerprint density at radius 1 is 1.28 bits per heavy atom. The Morgan fingerprint density at radius 2 is 1.89 bits per heavy atom. The van der Waals surface area contributed by atoms with Crippen LogP contribution < -0.4 is 5.73 Å². The van der Waals surface area contributed by atoms with E-state index in [9.17, 15) is 5.11 Å². The van der Waals surface area contributed by atoms with Crippen LogP contribution in [0.3, 0.4) is 0 Å². The van der Waals surface area contributed by atoms with Gasteiger partial charge in [0.25, 0.3) is 0 Å². The topological polar surface area (TPSA) is 49.5 Å². The molecule has 102 valence electrons. The van der Waals surface area contributed by atoms with Gasteiger partial charge in [0.2, 0.25) is 0 Å². The number of rotatable bonds is 7. The molecule has 1 rings (SSSR count). The zero-order valence-corrected chi connectivity index (χ0v) is 11.8.